The van der Waals surface area contributed by atoms with Crippen molar-refractivity contribution in [1.29, 1.82) is 0 Å². The molecule has 3 aromatic rings. The van der Waals surface area contributed by atoms with Crippen LogP contribution < -0.4 is 0 Å². The van der Waals surface area contributed by atoms with E-state index in [0.717, 1.165) is 12.1 Å². The highest BCUT2D eigenvalue weighted by molar-refractivity contribution is 7.86. The number of phenolic OH excluding ortho intramolecular Hbond substituents is 1. The Morgan fingerprint density at radius 1 is 1.04 bits per heavy atom. The van der Waals surface area contributed by atoms with E-state index >= 15 is 0 Å². The van der Waals surface area contributed by atoms with Crippen molar-refractivity contribution in [3.63, 3.8) is 0 Å². The molecule has 1 N–H and O–H groups in total. The lowest BCUT2D eigenvalue weighted by Crippen LogP contribution is -1.95. The fraction of sp³-hybridized carbons (Fsp3) is 0. The van der Waals surface area contributed by atoms with Crippen LogP contribution in [0.4, 0.5) is 20.9 Å². The van der Waals surface area contributed by atoms with Crippen LogP contribution in [0.15, 0.2) is 63.7 Å². The third-order valence-corrected chi connectivity index (χ3v) is 4.77. The van der Waals surface area contributed by atoms with Gasteiger partial charge in [0.2, 0.25) is 0 Å². The normalized spacial score (nSPS) is 11.9. The zero-order valence-corrected chi connectivity index (χ0v) is 14.8. The first-order chi connectivity index (χ1) is 12.7. The minimum Gasteiger partial charge on any atom is -0.506 e. The maximum atomic E-state index is 13.5. The molecule has 0 saturated carbocycles. The first kappa shape index (κ1) is 18.7. The van der Waals surface area contributed by atoms with E-state index in [-0.39, 0.29) is 16.5 Å². The van der Waals surface area contributed by atoms with Gasteiger partial charge >= 0.3 is 10.2 Å². The molecule has 27 heavy (non-hydrogen) atoms. The lowest BCUT2D eigenvalue weighted by molar-refractivity contribution is -0.385. The van der Waals surface area contributed by atoms with Crippen molar-refractivity contribution in [2.45, 2.75) is 4.90 Å². The van der Waals surface area contributed by atoms with Gasteiger partial charge in [-0.05, 0) is 12.1 Å². The van der Waals surface area contributed by atoms with Crippen molar-refractivity contribution in [3.8, 4) is 5.75 Å². The number of nitro groups is 1. The summed E-state index contributed by atoms with van der Waals surface area (Å²) in [4.78, 5) is 8.95. The smallest absolute Gasteiger partial charge is 0.334 e. The molecule has 0 bridgehead atoms. The molecule has 0 heterocycles. The van der Waals surface area contributed by atoms with Gasteiger partial charge in [-0.25, -0.2) is 0 Å². The van der Waals surface area contributed by atoms with Crippen molar-refractivity contribution in [1.82, 2.24) is 0 Å². The Bertz CT molecular complexity index is 1210. The first-order valence-electron chi connectivity index (χ1n) is 7.23. The van der Waals surface area contributed by atoms with Crippen LogP contribution >= 0.6 is 11.6 Å². The Morgan fingerprint density at radius 3 is 2.30 bits per heavy atom. The van der Waals surface area contributed by atoms with E-state index in [9.17, 15) is 27.5 Å². The molecule has 3 rings (SSSR count). The van der Waals surface area contributed by atoms with Crippen LogP contribution in [0.25, 0.3) is 10.8 Å². The summed E-state index contributed by atoms with van der Waals surface area (Å²) in [6.07, 6.45) is 0. The molecular formula is C16H9ClFN3O5S. The molecule has 0 amide bonds. The van der Waals surface area contributed by atoms with Gasteiger partial charge in [-0.3, -0.25) is 10.1 Å². The van der Waals surface area contributed by atoms with Crippen LogP contribution in [0.2, 0.25) is 5.02 Å². The summed E-state index contributed by atoms with van der Waals surface area (Å²) in [7, 11) is -5.28. The highest BCUT2D eigenvalue weighted by Crippen LogP contribution is 2.40. The van der Waals surface area contributed by atoms with Gasteiger partial charge in [0, 0.05) is 22.9 Å². The van der Waals surface area contributed by atoms with Gasteiger partial charge in [-0.15, -0.1) is 14.1 Å². The van der Waals surface area contributed by atoms with Crippen LogP contribution in [0.3, 0.4) is 0 Å². The van der Waals surface area contributed by atoms with Gasteiger partial charge in [0.05, 0.1) is 15.6 Å². The summed E-state index contributed by atoms with van der Waals surface area (Å²) in [5.74, 6) is -0.159. The van der Waals surface area contributed by atoms with E-state index in [4.69, 9.17) is 11.6 Å². The second-order valence-electron chi connectivity index (χ2n) is 5.32. The minimum absolute atomic E-state index is 0.00955. The predicted octanol–water partition coefficient (Wildman–Crippen LogP) is 5.18. The fourth-order valence-corrected chi connectivity index (χ4v) is 3.22. The number of nitrogens with zero attached hydrogens (tertiary/aromatic N) is 3. The van der Waals surface area contributed by atoms with Gasteiger partial charge < -0.3 is 5.11 Å². The van der Waals surface area contributed by atoms with Crippen molar-refractivity contribution in [3.05, 3.63) is 63.7 Å². The topological polar surface area (TPSA) is 122 Å². The monoisotopic (exact) mass is 409 g/mol. The maximum Gasteiger partial charge on any atom is 0.334 e. The maximum absolute atomic E-state index is 13.5. The number of phenols is 1. The third kappa shape index (κ3) is 3.71. The molecule has 0 saturated heterocycles. The molecule has 0 aromatic heterocycles. The highest BCUT2D eigenvalue weighted by Gasteiger charge is 2.22. The van der Waals surface area contributed by atoms with Gasteiger partial charge in [-0.2, -0.15) is 8.42 Å². The van der Waals surface area contributed by atoms with Crippen LogP contribution in [0.5, 0.6) is 5.75 Å². The molecule has 0 aliphatic heterocycles. The number of azo groups is 1. The molecular weight excluding hydrogens is 401 g/mol. The number of fused-ring (bicyclic) bond motifs is 1. The summed E-state index contributed by atoms with van der Waals surface area (Å²) >= 11 is 5.95. The molecule has 0 fully saturated rings. The van der Waals surface area contributed by atoms with Crippen molar-refractivity contribution in [2.24, 2.45) is 10.2 Å². The molecule has 3 aromatic carbocycles. The van der Waals surface area contributed by atoms with Gasteiger partial charge in [0.25, 0.3) is 5.69 Å². The molecule has 0 atom stereocenters. The zero-order chi connectivity index (χ0) is 19.8. The van der Waals surface area contributed by atoms with Gasteiger partial charge in [-0.1, -0.05) is 35.9 Å². The largest absolute Gasteiger partial charge is 0.506 e. The van der Waals surface area contributed by atoms with Crippen LogP contribution in [0.1, 0.15) is 0 Å². The van der Waals surface area contributed by atoms with E-state index in [0.29, 0.717) is 16.8 Å². The quantitative estimate of drug-likeness (QED) is 0.275. The SMILES string of the molecule is O=[N+]([O-])c1ccc(N=Nc2cc(Cl)c(O)c3ccccc23)c(S(=O)(=O)F)c1. The Labute approximate surface area is 156 Å². The number of aromatic hydroxyl groups is 1. The average Bonchev–Trinajstić information content (AvgIpc) is 2.62. The molecule has 0 aliphatic rings. The van der Waals surface area contributed by atoms with Gasteiger partial charge in [0.1, 0.15) is 16.3 Å². The Morgan fingerprint density at radius 2 is 1.67 bits per heavy atom. The standard InChI is InChI=1S/C16H9ClFN3O5S/c17-12-8-14(10-3-1-2-4-11(10)16(12)22)20-19-13-6-5-9(21(23)24)7-15(13)27(18,25)26/h1-8,22H. The molecule has 0 radical (unpaired) electrons. The summed E-state index contributed by atoms with van der Waals surface area (Å²) in [6, 6.07) is 10.4. The number of halogens is 2. The zero-order valence-electron chi connectivity index (χ0n) is 13.2. The molecule has 8 nitrogen and oxygen atoms in total. The molecule has 138 valence electrons. The van der Waals surface area contributed by atoms with Gasteiger partial charge in [0.15, 0.2) is 0 Å². The molecule has 11 heteroatoms. The van der Waals surface area contributed by atoms with Crippen LogP contribution in [-0.2, 0) is 10.2 Å². The van der Waals surface area contributed by atoms with Crippen LogP contribution in [0, 0.1) is 10.1 Å². The number of non-ortho nitro benzene ring substituents is 1. The first-order valence-corrected chi connectivity index (χ1v) is 8.99. The predicted molar refractivity (Wildman–Crippen MR) is 96.2 cm³/mol. The summed E-state index contributed by atoms with van der Waals surface area (Å²) in [5, 5.41) is 29.2. The lowest BCUT2D eigenvalue weighted by atomic mass is 10.1. The van der Waals surface area contributed by atoms with E-state index in [1.54, 1.807) is 24.3 Å². The van der Waals surface area contributed by atoms with E-state index in [1.165, 1.54) is 6.07 Å². The number of rotatable bonds is 4. The summed E-state index contributed by atoms with van der Waals surface area (Å²) in [6.45, 7) is 0. The second-order valence-corrected chi connectivity index (χ2v) is 7.04. The minimum atomic E-state index is -5.28. The van der Waals surface area contributed by atoms with Crippen molar-refractivity contribution < 1.29 is 22.3 Å². The van der Waals surface area contributed by atoms with E-state index in [1.807, 2.05) is 0 Å². The van der Waals surface area contributed by atoms with Crippen molar-refractivity contribution in [2.75, 3.05) is 0 Å². The molecule has 0 spiro atoms. The van der Waals surface area contributed by atoms with E-state index in [2.05, 4.69) is 10.2 Å². The lowest BCUT2D eigenvalue weighted by Gasteiger charge is -2.06. The fourth-order valence-electron chi connectivity index (χ4n) is 2.39. The van der Waals surface area contributed by atoms with Crippen molar-refractivity contribution >= 4 is 49.7 Å². The number of hydrogen-bond acceptors (Lipinski definition) is 7. The molecule has 0 unspecified atom stereocenters. The van der Waals surface area contributed by atoms with E-state index < -0.39 is 31.4 Å². The summed E-state index contributed by atoms with van der Waals surface area (Å²) < 4.78 is 36.1. The number of benzene rings is 3. The highest BCUT2D eigenvalue weighted by atomic mass is 35.5. The number of nitro benzene ring substituents is 1. The third-order valence-electron chi connectivity index (χ3n) is 3.63. The Hall–Kier alpha value is -3.11. The Balaban J connectivity index is 2.16. The second kappa shape index (κ2) is 6.89. The average molecular weight is 410 g/mol. The molecule has 0 aliphatic carbocycles. The Kier molecular flexibility index (Phi) is 4.77. The number of hydrogen-bond donors (Lipinski definition) is 1. The van der Waals surface area contributed by atoms with Crippen LogP contribution in [-0.4, -0.2) is 18.4 Å². The summed E-state index contributed by atoms with van der Waals surface area (Å²) in [5.41, 5.74) is -0.839.